The van der Waals surface area contributed by atoms with Crippen molar-refractivity contribution < 1.29 is 4.92 Å². The third-order valence-corrected chi connectivity index (χ3v) is 2.83. The van der Waals surface area contributed by atoms with Crippen molar-refractivity contribution in [3.8, 4) is 0 Å². The van der Waals surface area contributed by atoms with Gasteiger partial charge in [0.1, 0.15) is 0 Å². The Labute approximate surface area is 103 Å². The van der Waals surface area contributed by atoms with E-state index in [2.05, 4.69) is 4.98 Å². The second-order valence-electron chi connectivity index (χ2n) is 3.66. The van der Waals surface area contributed by atoms with E-state index in [1.54, 1.807) is 6.07 Å². The molecule has 0 bridgehead atoms. The van der Waals surface area contributed by atoms with Gasteiger partial charge in [-0.3, -0.25) is 10.1 Å². The number of aromatic amines is 1. The number of aromatic nitrogens is 1. The lowest BCUT2D eigenvalue weighted by Crippen LogP contribution is -1.85. The fraction of sp³-hybridized carbons (Fsp3) is 0.167. The van der Waals surface area contributed by atoms with Gasteiger partial charge in [-0.05, 0) is 24.6 Å². The van der Waals surface area contributed by atoms with Crippen LogP contribution in [0.5, 0.6) is 0 Å². The van der Waals surface area contributed by atoms with Gasteiger partial charge in [0.15, 0.2) is 0 Å². The summed E-state index contributed by atoms with van der Waals surface area (Å²) in [5.41, 5.74) is 2.75. The van der Waals surface area contributed by atoms with Crippen molar-refractivity contribution >= 4 is 28.6 Å². The van der Waals surface area contributed by atoms with E-state index in [-0.39, 0.29) is 0 Å². The molecule has 5 heteroatoms. The lowest BCUT2D eigenvalue weighted by Gasteiger charge is -1.94. The van der Waals surface area contributed by atoms with Crippen LogP contribution < -0.4 is 0 Å². The average Bonchev–Trinajstić information content (AvgIpc) is 2.63. The molecule has 4 nitrogen and oxygen atoms in total. The highest BCUT2D eigenvalue weighted by atomic mass is 35.5. The normalized spacial score (nSPS) is 11.4. The number of fused-ring (bicyclic) bond motifs is 1. The maximum Gasteiger partial charge on any atom is 0.235 e. The molecule has 1 aromatic carbocycles. The SMILES string of the molecule is CCc1[nH]c2ccc(Cl)cc2c1/C=C/[N+](=O)[O-]. The van der Waals surface area contributed by atoms with Crippen LogP contribution in [0.15, 0.2) is 24.4 Å². The quantitative estimate of drug-likeness (QED) is 0.668. The summed E-state index contributed by atoms with van der Waals surface area (Å²) in [6, 6.07) is 5.48. The zero-order chi connectivity index (χ0) is 12.4. The Balaban J connectivity index is 2.64. The summed E-state index contributed by atoms with van der Waals surface area (Å²) in [6.07, 6.45) is 3.24. The molecule has 1 aromatic heterocycles. The lowest BCUT2D eigenvalue weighted by atomic mass is 10.1. The molecule has 0 radical (unpaired) electrons. The number of nitrogens with one attached hydrogen (secondary N) is 1. The second-order valence-corrected chi connectivity index (χ2v) is 4.10. The summed E-state index contributed by atoms with van der Waals surface area (Å²) in [6.45, 7) is 2.00. The van der Waals surface area contributed by atoms with Gasteiger partial charge in [-0.25, -0.2) is 0 Å². The van der Waals surface area contributed by atoms with Crippen molar-refractivity contribution in [1.29, 1.82) is 0 Å². The van der Waals surface area contributed by atoms with E-state index < -0.39 is 4.92 Å². The molecule has 0 fully saturated rings. The second kappa shape index (κ2) is 4.59. The van der Waals surface area contributed by atoms with Crippen LogP contribution in [0.2, 0.25) is 5.02 Å². The number of benzene rings is 1. The minimum Gasteiger partial charge on any atom is -0.358 e. The van der Waals surface area contributed by atoms with Crippen LogP contribution in [-0.4, -0.2) is 9.91 Å². The fourth-order valence-electron chi connectivity index (χ4n) is 1.85. The van der Waals surface area contributed by atoms with Crippen LogP contribution in [0.4, 0.5) is 0 Å². The van der Waals surface area contributed by atoms with Crippen molar-refractivity contribution in [3.63, 3.8) is 0 Å². The van der Waals surface area contributed by atoms with Gasteiger partial charge in [-0.2, -0.15) is 0 Å². The molecule has 0 saturated carbocycles. The van der Waals surface area contributed by atoms with Gasteiger partial charge in [0.25, 0.3) is 0 Å². The van der Waals surface area contributed by atoms with Gasteiger partial charge in [0, 0.05) is 33.3 Å². The molecule has 0 aliphatic heterocycles. The first-order valence-corrected chi connectivity index (χ1v) is 5.61. The minimum atomic E-state index is -0.469. The molecular formula is C12H11ClN2O2. The number of aryl methyl sites for hydroxylation is 1. The predicted molar refractivity (Wildman–Crippen MR) is 68.7 cm³/mol. The Hall–Kier alpha value is -1.81. The molecule has 0 aliphatic rings. The molecule has 0 unspecified atom stereocenters. The number of H-pyrrole nitrogens is 1. The molecule has 1 heterocycles. The number of hydrogen-bond donors (Lipinski definition) is 1. The van der Waals surface area contributed by atoms with E-state index in [0.29, 0.717) is 5.02 Å². The van der Waals surface area contributed by atoms with E-state index >= 15 is 0 Å². The minimum absolute atomic E-state index is 0.469. The van der Waals surface area contributed by atoms with Gasteiger partial charge in [0.05, 0.1) is 4.92 Å². The van der Waals surface area contributed by atoms with Crippen molar-refractivity contribution in [2.45, 2.75) is 13.3 Å². The first kappa shape index (κ1) is 11.7. The van der Waals surface area contributed by atoms with E-state index in [9.17, 15) is 10.1 Å². The summed E-state index contributed by atoms with van der Waals surface area (Å²) < 4.78 is 0. The van der Waals surface area contributed by atoms with Crippen LogP contribution in [0.25, 0.3) is 17.0 Å². The van der Waals surface area contributed by atoms with Crippen molar-refractivity contribution in [3.05, 3.63) is 50.8 Å². The molecule has 0 saturated heterocycles. The standard InChI is InChI=1S/C12H11ClN2O2/c1-2-11-9(5-6-15(16)17)10-7-8(13)3-4-12(10)14-11/h3-7,14H,2H2,1H3/b6-5+. The third kappa shape index (κ3) is 2.31. The summed E-state index contributed by atoms with van der Waals surface area (Å²) in [4.78, 5) is 13.1. The van der Waals surface area contributed by atoms with Gasteiger partial charge >= 0.3 is 0 Å². The maximum absolute atomic E-state index is 10.4. The maximum atomic E-state index is 10.4. The molecule has 0 amide bonds. The zero-order valence-electron chi connectivity index (χ0n) is 9.24. The highest BCUT2D eigenvalue weighted by Crippen LogP contribution is 2.27. The summed E-state index contributed by atoms with van der Waals surface area (Å²) in [5, 5.41) is 11.9. The first-order valence-electron chi connectivity index (χ1n) is 5.23. The van der Waals surface area contributed by atoms with Crippen LogP contribution >= 0.6 is 11.6 Å². The molecule has 2 rings (SSSR count). The van der Waals surface area contributed by atoms with Gasteiger partial charge in [-0.15, -0.1) is 0 Å². The summed E-state index contributed by atoms with van der Waals surface area (Å²) >= 11 is 5.93. The summed E-state index contributed by atoms with van der Waals surface area (Å²) in [7, 11) is 0. The molecule has 0 atom stereocenters. The highest BCUT2D eigenvalue weighted by molar-refractivity contribution is 6.31. The number of nitrogens with zero attached hydrogens (tertiary/aromatic N) is 1. The molecule has 17 heavy (non-hydrogen) atoms. The van der Waals surface area contributed by atoms with E-state index in [4.69, 9.17) is 11.6 Å². The van der Waals surface area contributed by atoms with E-state index in [1.165, 1.54) is 6.08 Å². The largest absolute Gasteiger partial charge is 0.358 e. The van der Waals surface area contributed by atoms with Crippen molar-refractivity contribution in [2.75, 3.05) is 0 Å². The monoisotopic (exact) mass is 250 g/mol. The van der Waals surface area contributed by atoms with Crippen LogP contribution in [-0.2, 0) is 6.42 Å². The fourth-order valence-corrected chi connectivity index (χ4v) is 2.02. The van der Waals surface area contributed by atoms with Crippen LogP contribution in [0.3, 0.4) is 0 Å². The highest BCUT2D eigenvalue weighted by Gasteiger charge is 2.09. The third-order valence-electron chi connectivity index (χ3n) is 2.60. The van der Waals surface area contributed by atoms with E-state index in [1.807, 2.05) is 19.1 Å². The van der Waals surface area contributed by atoms with Crippen LogP contribution in [0.1, 0.15) is 18.2 Å². The molecule has 0 spiro atoms. The van der Waals surface area contributed by atoms with Crippen LogP contribution in [0, 0.1) is 10.1 Å². The Morgan fingerprint density at radius 1 is 1.53 bits per heavy atom. The van der Waals surface area contributed by atoms with Gasteiger partial charge in [-0.1, -0.05) is 18.5 Å². The molecule has 0 aliphatic carbocycles. The van der Waals surface area contributed by atoms with Gasteiger partial charge in [0.2, 0.25) is 6.20 Å². The molecule has 88 valence electrons. The lowest BCUT2D eigenvalue weighted by molar-refractivity contribution is -0.400. The topological polar surface area (TPSA) is 58.9 Å². The van der Waals surface area contributed by atoms with Crippen molar-refractivity contribution in [1.82, 2.24) is 4.98 Å². The number of rotatable bonds is 3. The number of hydrogen-bond acceptors (Lipinski definition) is 2. The first-order chi connectivity index (χ1) is 8.11. The molecule has 2 aromatic rings. The Morgan fingerprint density at radius 3 is 2.94 bits per heavy atom. The zero-order valence-corrected chi connectivity index (χ0v) is 9.99. The molecule has 1 N–H and O–H groups in total. The molecular weight excluding hydrogens is 240 g/mol. The van der Waals surface area contributed by atoms with Gasteiger partial charge < -0.3 is 4.98 Å². The Morgan fingerprint density at radius 2 is 2.29 bits per heavy atom. The smallest absolute Gasteiger partial charge is 0.235 e. The van der Waals surface area contributed by atoms with Crippen molar-refractivity contribution in [2.24, 2.45) is 0 Å². The van der Waals surface area contributed by atoms with E-state index in [0.717, 1.165) is 34.8 Å². The summed E-state index contributed by atoms with van der Waals surface area (Å²) in [5.74, 6) is 0. The average molecular weight is 251 g/mol. The Kier molecular flexibility index (Phi) is 3.15. The predicted octanol–water partition coefficient (Wildman–Crippen LogP) is 3.63. The Bertz CT molecular complexity index is 602. The number of halogens is 1. The number of nitro groups is 1.